The number of halogens is 1. The highest BCUT2D eigenvalue weighted by atomic mass is 79.9. The predicted molar refractivity (Wildman–Crippen MR) is 80.5 cm³/mol. The Hall–Kier alpha value is -2.22. The smallest absolute Gasteiger partial charge is 0.241 e. The second-order valence-electron chi connectivity index (χ2n) is 4.51. The highest BCUT2D eigenvalue weighted by Crippen LogP contribution is 2.09. The first-order valence-corrected chi connectivity index (χ1v) is 7.24. The van der Waals surface area contributed by atoms with Crippen molar-refractivity contribution in [2.75, 3.05) is 6.54 Å². The van der Waals surface area contributed by atoms with Crippen LogP contribution in [0.4, 0.5) is 0 Å². The van der Waals surface area contributed by atoms with E-state index in [1.807, 2.05) is 30.5 Å². The molecule has 0 aliphatic heterocycles. The summed E-state index contributed by atoms with van der Waals surface area (Å²) in [5.41, 5.74) is 1.63. The molecule has 1 aromatic carbocycles. The van der Waals surface area contributed by atoms with Gasteiger partial charge >= 0.3 is 0 Å². The van der Waals surface area contributed by atoms with E-state index < -0.39 is 0 Å². The quantitative estimate of drug-likeness (QED) is 0.751. The normalized spacial score (nSPS) is 10.9. The van der Waals surface area contributed by atoms with Gasteiger partial charge in [0.05, 0.1) is 22.7 Å². The molecule has 2 aromatic heterocycles. The van der Waals surface area contributed by atoms with Crippen molar-refractivity contribution in [1.82, 2.24) is 30.1 Å². The summed E-state index contributed by atoms with van der Waals surface area (Å²) in [5.74, 6) is -0.100. The summed E-state index contributed by atoms with van der Waals surface area (Å²) in [6, 6.07) is 7.55. The lowest BCUT2D eigenvalue weighted by atomic mass is 10.3. The molecule has 0 aliphatic carbocycles. The van der Waals surface area contributed by atoms with Crippen LogP contribution >= 0.6 is 15.9 Å². The second-order valence-corrected chi connectivity index (χ2v) is 5.42. The molecule has 0 saturated carbocycles. The Labute approximate surface area is 129 Å². The molecule has 3 rings (SSSR count). The van der Waals surface area contributed by atoms with Crippen molar-refractivity contribution in [2.24, 2.45) is 0 Å². The molecule has 1 N–H and O–H groups in total. The molecule has 21 heavy (non-hydrogen) atoms. The van der Waals surface area contributed by atoms with Crippen LogP contribution < -0.4 is 5.32 Å². The number of amides is 1. The third-order valence-electron chi connectivity index (χ3n) is 2.98. The highest BCUT2D eigenvalue weighted by Gasteiger charge is 2.08. The van der Waals surface area contributed by atoms with E-state index >= 15 is 0 Å². The molecule has 0 fully saturated rings. The highest BCUT2D eigenvalue weighted by molar-refractivity contribution is 9.10. The van der Waals surface area contributed by atoms with Crippen molar-refractivity contribution < 1.29 is 4.79 Å². The minimum atomic E-state index is -0.100. The number of aromatic nitrogens is 5. The van der Waals surface area contributed by atoms with Gasteiger partial charge in [-0.1, -0.05) is 17.3 Å². The lowest BCUT2D eigenvalue weighted by Gasteiger charge is -2.05. The van der Waals surface area contributed by atoms with E-state index in [2.05, 4.69) is 36.7 Å². The van der Waals surface area contributed by atoms with Gasteiger partial charge in [0.2, 0.25) is 5.91 Å². The number of rotatable bonds is 5. The first-order chi connectivity index (χ1) is 10.2. The maximum atomic E-state index is 11.9. The van der Waals surface area contributed by atoms with E-state index in [4.69, 9.17) is 0 Å². The maximum absolute atomic E-state index is 11.9. The minimum Gasteiger partial charge on any atom is -0.353 e. The van der Waals surface area contributed by atoms with Crippen molar-refractivity contribution in [3.05, 3.63) is 41.1 Å². The van der Waals surface area contributed by atoms with Gasteiger partial charge < -0.3 is 5.32 Å². The summed E-state index contributed by atoms with van der Waals surface area (Å²) in [7, 11) is 0. The monoisotopic (exact) mass is 348 g/mol. The molecule has 2 heterocycles. The Kier molecular flexibility index (Phi) is 3.96. The summed E-state index contributed by atoms with van der Waals surface area (Å²) in [6.07, 6.45) is 3.57. The molecule has 0 spiro atoms. The van der Waals surface area contributed by atoms with Gasteiger partial charge in [0.15, 0.2) is 0 Å². The van der Waals surface area contributed by atoms with Gasteiger partial charge in [-0.25, -0.2) is 4.68 Å². The molecule has 0 saturated heterocycles. The van der Waals surface area contributed by atoms with Crippen LogP contribution in [0.2, 0.25) is 0 Å². The topological polar surface area (TPSA) is 77.6 Å². The fourth-order valence-electron chi connectivity index (χ4n) is 2.00. The molecule has 0 unspecified atom stereocenters. The standard InChI is InChI=1S/C13H13BrN6O/c14-10-7-16-19(8-10)6-5-15-13(21)9-20-12-4-2-1-3-11(12)17-18-20/h1-4,7-8H,5-6,9H2,(H,15,21). The number of nitrogens with one attached hydrogen (secondary N) is 1. The van der Waals surface area contributed by atoms with Gasteiger partial charge in [0, 0.05) is 12.7 Å². The predicted octanol–water partition coefficient (Wildman–Crippen LogP) is 1.21. The van der Waals surface area contributed by atoms with Gasteiger partial charge in [0.25, 0.3) is 0 Å². The Morgan fingerprint density at radius 3 is 3.00 bits per heavy atom. The van der Waals surface area contributed by atoms with Crippen LogP contribution in [-0.4, -0.2) is 37.2 Å². The Balaban J connectivity index is 1.54. The summed E-state index contributed by atoms with van der Waals surface area (Å²) in [5, 5.41) is 15.0. The fourth-order valence-corrected chi connectivity index (χ4v) is 2.32. The summed E-state index contributed by atoms with van der Waals surface area (Å²) in [4.78, 5) is 11.9. The number of para-hydroxylation sites is 1. The molecule has 3 aromatic rings. The average Bonchev–Trinajstić information content (AvgIpc) is 3.06. The van der Waals surface area contributed by atoms with Crippen LogP contribution in [-0.2, 0) is 17.9 Å². The molecule has 108 valence electrons. The third-order valence-corrected chi connectivity index (χ3v) is 3.39. The summed E-state index contributed by atoms with van der Waals surface area (Å²) in [6.45, 7) is 1.29. The number of carbonyl (C=O) groups is 1. The molecule has 0 aliphatic rings. The lowest BCUT2D eigenvalue weighted by molar-refractivity contribution is -0.121. The third kappa shape index (κ3) is 3.27. The number of benzene rings is 1. The Morgan fingerprint density at radius 2 is 2.19 bits per heavy atom. The van der Waals surface area contributed by atoms with Crippen LogP contribution in [0.5, 0.6) is 0 Å². The zero-order chi connectivity index (χ0) is 14.7. The second kappa shape index (κ2) is 6.04. The number of hydrogen-bond acceptors (Lipinski definition) is 4. The first-order valence-electron chi connectivity index (χ1n) is 6.45. The number of fused-ring (bicyclic) bond motifs is 1. The molecule has 0 bridgehead atoms. The van der Waals surface area contributed by atoms with E-state index in [1.165, 1.54) is 0 Å². The van der Waals surface area contributed by atoms with Crippen molar-refractivity contribution >= 4 is 32.9 Å². The molecule has 8 heteroatoms. The summed E-state index contributed by atoms with van der Waals surface area (Å²) < 4.78 is 4.27. The number of carbonyl (C=O) groups excluding carboxylic acids is 1. The van der Waals surface area contributed by atoms with E-state index in [1.54, 1.807) is 15.6 Å². The van der Waals surface area contributed by atoms with E-state index in [9.17, 15) is 4.79 Å². The Morgan fingerprint density at radius 1 is 1.33 bits per heavy atom. The van der Waals surface area contributed by atoms with Gasteiger partial charge in [-0.3, -0.25) is 9.48 Å². The Bertz CT molecular complexity index is 765. The van der Waals surface area contributed by atoms with Crippen LogP contribution in [0, 0.1) is 0 Å². The molecule has 7 nitrogen and oxygen atoms in total. The lowest BCUT2D eigenvalue weighted by Crippen LogP contribution is -2.30. The van der Waals surface area contributed by atoms with E-state index in [-0.39, 0.29) is 12.5 Å². The van der Waals surface area contributed by atoms with Crippen molar-refractivity contribution in [1.29, 1.82) is 0 Å². The van der Waals surface area contributed by atoms with Gasteiger partial charge in [-0.15, -0.1) is 5.10 Å². The largest absolute Gasteiger partial charge is 0.353 e. The van der Waals surface area contributed by atoms with Gasteiger partial charge in [-0.2, -0.15) is 5.10 Å². The zero-order valence-electron chi connectivity index (χ0n) is 11.1. The summed E-state index contributed by atoms with van der Waals surface area (Å²) >= 11 is 3.33. The maximum Gasteiger partial charge on any atom is 0.241 e. The molecule has 1 amide bonds. The van der Waals surface area contributed by atoms with Gasteiger partial charge in [0.1, 0.15) is 12.1 Å². The van der Waals surface area contributed by atoms with Crippen LogP contribution in [0.15, 0.2) is 41.1 Å². The molecular formula is C13H13BrN6O. The fraction of sp³-hybridized carbons (Fsp3) is 0.231. The van der Waals surface area contributed by atoms with Crippen molar-refractivity contribution in [2.45, 2.75) is 13.1 Å². The minimum absolute atomic E-state index is 0.100. The average molecular weight is 349 g/mol. The number of hydrogen-bond donors (Lipinski definition) is 1. The van der Waals surface area contributed by atoms with Crippen molar-refractivity contribution in [3.63, 3.8) is 0 Å². The molecule has 0 radical (unpaired) electrons. The zero-order valence-corrected chi connectivity index (χ0v) is 12.7. The SMILES string of the molecule is O=C(Cn1nnc2ccccc21)NCCn1cc(Br)cn1. The van der Waals surface area contributed by atoms with Crippen LogP contribution in [0.1, 0.15) is 0 Å². The molecule has 0 atom stereocenters. The molecular weight excluding hydrogens is 336 g/mol. The van der Waals surface area contributed by atoms with Crippen LogP contribution in [0.3, 0.4) is 0 Å². The van der Waals surface area contributed by atoms with E-state index in [0.717, 1.165) is 15.5 Å². The first kappa shape index (κ1) is 13.7. The number of nitrogens with zero attached hydrogens (tertiary/aromatic N) is 5. The van der Waals surface area contributed by atoms with Gasteiger partial charge in [-0.05, 0) is 28.1 Å². The van der Waals surface area contributed by atoms with Crippen molar-refractivity contribution in [3.8, 4) is 0 Å². The van der Waals surface area contributed by atoms with E-state index in [0.29, 0.717) is 13.1 Å². The van der Waals surface area contributed by atoms with Crippen LogP contribution in [0.25, 0.3) is 11.0 Å².